The van der Waals surface area contributed by atoms with Gasteiger partial charge in [0.1, 0.15) is 11.4 Å². The van der Waals surface area contributed by atoms with Crippen molar-refractivity contribution in [3.05, 3.63) is 35.9 Å². The fourth-order valence-corrected chi connectivity index (χ4v) is 4.06. The number of benzene rings is 1. The van der Waals surface area contributed by atoms with Crippen molar-refractivity contribution in [1.82, 2.24) is 4.90 Å². The Morgan fingerprint density at radius 1 is 1.23 bits per heavy atom. The largest absolute Gasteiger partial charge is 0.444 e. The molecule has 1 aromatic rings. The molecule has 2 saturated heterocycles. The SMILES string of the molecule is CC(C)(C)OC(=O)N1[C@H]2CC[C@@H]1[C@@H](C(=O)C/C(=N\O)c1ccccc1)C2. The maximum atomic E-state index is 12.9. The van der Waals surface area contributed by atoms with E-state index in [9.17, 15) is 14.8 Å². The molecule has 0 spiro atoms. The average molecular weight is 358 g/mol. The average Bonchev–Trinajstić information content (AvgIpc) is 3.17. The predicted molar refractivity (Wildman–Crippen MR) is 97.4 cm³/mol. The van der Waals surface area contributed by atoms with Crippen molar-refractivity contribution in [3.63, 3.8) is 0 Å². The van der Waals surface area contributed by atoms with E-state index in [1.165, 1.54) is 0 Å². The Labute approximate surface area is 153 Å². The minimum absolute atomic E-state index is 0.0161. The summed E-state index contributed by atoms with van der Waals surface area (Å²) in [6.45, 7) is 5.53. The summed E-state index contributed by atoms with van der Waals surface area (Å²) >= 11 is 0. The molecule has 2 bridgehead atoms. The van der Waals surface area contributed by atoms with Crippen molar-refractivity contribution in [1.29, 1.82) is 0 Å². The van der Waals surface area contributed by atoms with Crippen molar-refractivity contribution in [2.45, 2.75) is 64.1 Å². The van der Waals surface area contributed by atoms with Gasteiger partial charge in [-0.05, 0) is 45.6 Å². The Morgan fingerprint density at radius 3 is 2.54 bits per heavy atom. The first-order chi connectivity index (χ1) is 12.3. The lowest BCUT2D eigenvalue weighted by atomic mass is 9.84. The van der Waals surface area contributed by atoms with Crippen molar-refractivity contribution in [2.75, 3.05) is 0 Å². The molecule has 3 rings (SSSR count). The molecule has 0 aliphatic carbocycles. The molecule has 0 unspecified atom stereocenters. The molecule has 2 aliphatic heterocycles. The van der Waals surface area contributed by atoms with Crippen molar-refractivity contribution in [2.24, 2.45) is 11.1 Å². The molecule has 1 N–H and O–H groups in total. The molecule has 0 aromatic heterocycles. The number of carbonyl (C=O) groups is 2. The minimum atomic E-state index is -0.553. The van der Waals surface area contributed by atoms with Gasteiger partial charge in [-0.1, -0.05) is 35.5 Å². The highest BCUT2D eigenvalue weighted by atomic mass is 16.6. The standard InChI is InChI=1S/C20H26N2O4/c1-20(2,3)26-19(24)22-14-9-10-17(22)15(11-14)18(23)12-16(21-25)13-7-5-4-6-8-13/h4-8,14-15,17,25H,9-12H2,1-3H3/b21-16+/t14-,15-,17+/m0/s1. The van der Waals surface area contributed by atoms with E-state index in [-0.39, 0.29) is 36.3 Å². The molecule has 1 aromatic carbocycles. The second kappa shape index (κ2) is 7.09. The van der Waals surface area contributed by atoms with E-state index in [0.29, 0.717) is 12.1 Å². The molecule has 1 amide bonds. The molecule has 2 aliphatic rings. The van der Waals surface area contributed by atoms with Gasteiger partial charge < -0.3 is 14.8 Å². The Hall–Kier alpha value is -2.37. The van der Waals surface area contributed by atoms with Crippen LogP contribution in [0.25, 0.3) is 0 Å². The van der Waals surface area contributed by atoms with Gasteiger partial charge in [0.05, 0.1) is 12.1 Å². The lowest BCUT2D eigenvalue weighted by Crippen LogP contribution is -2.41. The number of nitrogens with zero attached hydrogens (tertiary/aromatic N) is 2. The van der Waals surface area contributed by atoms with Crippen molar-refractivity contribution >= 4 is 17.6 Å². The van der Waals surface area contributed by atoms with Crippen LogP contribution < -0.4 is 0 Å². The van der Waals surface area contributed by atoms with E-state index in [2.05, 4.69) is 5.16 Å². The second-order valence-electron chi connectivity index (χ2n) is 8.08. The summed E-state index contributed by atoms with van der Waals surface area (Å²) in [7, 11) is 0. The lowest BCUT2D eigenvalue weighted by molar-refractivity contribution is -0.122. The minimum Gasteiger partial charge on any atom is -0.444 e. The predicted octanol–water partition coefficient (Wildman–Crippen LogP) is 3.61. The van der Waals surface area contributed by atoms with Crippen LogP contribution in [0.5, 0.6) is 0 Å². The van der Waals surface area contributed by atoms with Crippen LogP contribution in [-0.2, 0) is 9.53 Å². The molecule has 6 heteroatoms. The summed E-state index contributed by atoms with van der Waals surface area (Å²) in [5.41, 5.74) is 0.542. The molecule has 3 atom stereocenters. The normalized spacial score (nSPS) is 25.4. The van der Waals surface area contributed by atoms with E-state index in [0.717, 1.165) is 18.4 Å². The molecule has 6 nitrogen and oxygen atoms in total. The quantitative estimate of drug-likeness (QED) is 0.506. The summed E-state index contributed by atoms with van der Waals surface area (Å²) in [6.07, 6.45) is 2.12. The van der Waals surface area contributed by atoms with Gasteiger partial charge in [-0.25, -0.2) is 4.79 Å². The van der Waals surface area contributed by atoms with Gasteiger partial charge in [0.2, 0.25) is 0 Å². The summed E-state index contributed by atoms with van der Waals surface area (Å²) in [5, 5.41) is 12.6. The number of oxime groups is 1. The second-order valence-corrected chi connectivity index (χ2v) is 8.08. The Morgan fingerprint density at radius 2 is 1.92 bits per heavy atom. The number of fused-ring (bicyclic) bond motifs is 2. The van der Waals surface area contributed by atoms with Crippen molar-refractivity contribution < 1.29 is 19.5 Å². The maximum absolute atomic E-state index is 12.9. The van der Waals surface area contributed by atoms with E-state index in [1.807, 2.05) is 51.1 Å². The monoisotopic (exact) mass is 358 g/mol. The number of carbonyl (C=O) groups excluding carboxylic acids is 2. The molecule has 26 heavy (non-hydrogen) atoms. The Balaban J connectivity index is 1.69. The van der Waals surface area contributed by atoms with Crippen LogP contribution in [0.4, 0.5) is 4.79 Å². The van der Waals surface area contributed by atoms with Crippen LogP contribution in [0.2, 0.25) is 0 Å². The molecule has 2 heterocycles. The number of hydrogen-bond donors (Lipinski definition) is 1. The van der Waals surface area contributed by atoms with Crippen LogP contribution in [0.15, 0.2) is 35.5 Å². The lowest BCUT2D eigenvalue weighted by Gasteiger charge is -2.28. The first kappa shape index (κ1) is 18.4. The third-order valence-corrected chi connectivity index (χ3v) is 5.12. The highest BCUT2D eigenvalue weighted by molar-refractivity contribution is 6.11. The summed E-state index contributed by atoms with van der Waals surface area (Å²) in [5.74, 6) is -0.204. The molecule has 0 saturated carbocycles. The van der Waals surface area contributed by atoms with E-state index < -0.39 is 5.60 Å². The van der Waals surface area contributed by atoms with Crippen LogP contribution in [0.1, 0.15) is 52.0 Å². The molecule has 0 radical (unpaired) electrons. The summed E-state index contributed by atoms with van der Waals surface area (Å²) < 4.78 is 5.51. The fourth-order valence-electron chi connectivity index (χ4n) is 4.06. The number of ketones is 1. The topological polar surface area (TPSA) is 79.2 Å². The number of hydrogen-bond acceptors (Lipinski definition) is 5. The number of amides is 1. The number of ether oxygens (including phenoxy) is 1. The van der Waals surface area contributed by atoms with Gasteiger partial charge in [-0.15, -0.1) is 0 Å². The number of Topliss-reactive ketones (excluding diaryl/α,β-unsaturated/α-hetero) is 1. The zero-order valence-electron chi connectivity index (χ0n) is 15.5. The summed E-state index contributed by atoms with van der Waals surface area (Å²) in [4.78, 5) is 27.1. The van der Waals surface area contributed by atoms with E-state index in [4.69, 9.17) is 4.74 Å². The van der Waals surface area contributed by atoms with Gasteiger partial charge in [-0.2, -0.15) is 0 Å². The zero-order valence-corrected chi connectivity index (χ0v) is 15.5. The van der Waals surface area contributed by atoms with Gasteiger partial charge in [0.15, 0.2) is 0 Å². The third kappa shape index (κ3) is 3.74. The first-order valence-electron chi connectivity index (χ1n) is 9.10. The van der Waals surface area contributed by atoms with Gasteiger partial charge in [0.25, 0.3) is 0 Å². The molecule has 140 valence electrons. The summed E-state index contributed by atoms with van der Waals surface area (Å²) in [6, 6.07) is 9.13. The number of rotatable bonds is 4. The Kier molecular flexibility index (Phi) is 5.03. The van der Waals surface area contributed by atoms with Crippen LogP contribution in [-0.4, -0.2) is 45.4 Å². The molecular formula is C20H26N2O4. The Bertz CT molecular complexity index is 708. The van der Waals surface area contributed by atoms with Crippen molar-refractivity contribution in [3.8, 4) is 0 Å². The van der Waals surface area contributed by atoms with Crippen LogP contribution >= 0.6 is 0 Å². The van der Waals surface area contributed by atoms with E-state index in [1.54, 1.807) is 4.90 Å². The smallest absolute Gasteiger partial charge is 0.410 e. The van der Waals surface area contributed by atoms with E-state index >= 15 is 0 Å². The van der Waals surface area contributed by atoms with Gasteiger partial charge in [0, 0.05) is 18.0 Å². The van der Waals surface area contributed by atoms with Gasteiger partial charge in [-0.3, -0.25) is 4.79 Å². The first-order valence-corrected chi connectivity index (χ1v) is 9.10. The fraction of sp³-hybridized carbons (Fsp3) is 0.550. The van der Waals surface area contributed by atoms with Crippen LogP contribution in [0, 0.1) is 5.92 Å². The maximum Gasteiger partial charge on any atom is 0.410 e. The molecular weight excluding hydrogens is 332 g/mol. The molecule has 2 fully saturated rings. The highest BCUT2D eigenvalue weighted by Crippen LogP contribution is 2.43. The third-order valence-electron chi connectivity index (χ3n) is 5.12. The highest BCUT2D eigenvalue weighted by Gasteiger charge is 2.52. The van der Waals surface area contributed by atoms with Gasteiger partial charge >= 0.3 is 6.09 Å². The zero-order chi connectivity index (χ0) is 18.9. The van der Waals surface area contributed by atoms with Crippen LogP contribution in [0.3, 0.4) is 0 Å².